The second-order valence-corrected chi connectivity index (χ2v) is 15.7. The number of carboxylic acids is 1. The number of fused-ring (bicyclic) bond motifs is 1. The van der Waals surface area contributed by atoms with Crippen LogP contribution < -0.4 is 27.0 Å². The van der Waals surface area contributed by atoms with E-state index in [1.54, 1.807) is 0 Å². The van der Waals surface area contributed by atoms with E-state index in [1.165, 1.54) is 31.4 Å². The number of hydrogen-bond acceptors (Lipinski definition) is 10. The molecule has 274 valence electrons. The van der Waals surface area contributed by atoms with Gasteiger partial charge in [-0.3, -0.25) is 28.8 Å². The predicted molar refractivity (Wildman–Crippen MR) is 188 cm³/mol. The average Bonchev–Trinajstić information content (AvgIpc) is 3.78. The van der Waals surface area contributed by atoms with E-state index in [0.29, 0.717) is 25.7 Å². The molecule has 0 radical (unpaired) electrons. The van der Waals surface area contributed by atoms with Gasteiger partial charge in [-0.1, -0.05) is 65.8 Å². The first-order valence-electron chi connectivity index (χ1n) is 16.9. The molecule has 6 atom stereocenters. The molecule has 17 heteroatoms. The summed E-state index contributed by atoms with van der Waals surface area (Å²) in [6.07, 6.45) is 2.18. The molecule has 0 unspecified atom stereocenters. The summed E-state index contributed by atoms with van der Waals surface area (Å²) in [6.45, 7) is 3.86. The van der Waals surface area contributed by atoms with Crippen LogP contribution in [-0.2, 0) is 40.0 Å². The fraction of sp³-hybridized carbons (Fsp3) is 0.606. The molecule has 3 aliphatic heterocycles. The van der Waals surface area contributed by atoms with Crippen molar-refractivity contribution in [3.05, 3.63) is 35.9 Å². The van der Waals surface area contributed by atoms with Crippen LogP contribution in [0.25, 0.3) is 0 Å². The minimum atomic E-state index is -1.13. The van der Waals surface area contributed by atoms with Crippen LogP contribution in [0.1, 0.15) is 51.5 Å². The van der Waals surface area contributed by atoms with Gasteiger partial charge in [0, 0.05) is 24.6 Å². The molecule has 3 fully saturated rings. The molecule has 0 spiro atoms. The van der Waals surface area contributed by atoms with E-state index < -0.39 is 84.2 Å². The Kier molecular flexibility index (Phi) is 14.4. The summed E-state index contributed by atoms with van der Waals surface area (Å²) < 4.78 is 0. The third-order valence-corrected chi connectivity index (χ3v) is 11.3. The largest absolute Gasteiger partial charge is 0.480 e. The van der Waals surface area contributed by atoms with E-state index in [0.717, 1.165) is 5.56 Å². The summed E-state index contributed by atoms with van der Waals surface area (Å²) >= 11 is 0. The van der Waals surface area contributed by atoms with Crippen molar-refractivity contribution in [2.24, 2.45) is 11.7 Å². The van der Waals surface area contributed by atoms with E-state index in [-0.39, 0.29) is 43.4 Å². The lowest BCUT2D eigenvalue weighted by Crippen LogP contribution is -2.58. The lowest BCUT2D eigenvalue weighted by Gasteiger charge is -2.29. The van der Waals surface area contributed by atoms with Crippen LogP contribution in [0.4, 0.5) is 0 Å². The second-order valence-electron chi connectivity index (χ2n) is 13.2. The molecular weight excluding hydrogens is 687 g/mol. The number of carboxylic acid groups (broad SMARTS) is 1. The molecule has 0 saturated carbocycles. The third kappa shape index (κ3) is 10.6. The first kappa shape index (κ1) is 39.0. The van der Waals surface area contributed by atoms with Gasteiger partial charge < -0.3 is 41.9 Å². The number of benzene rings is 1. The average molecular weight is 734 g/mol. The van der Waals surface area contributed by atoms with E-state index >= 15 is 0 Å². The van der Waals surface area contributed by atoms with Crippen LogP contribution in [0.5, 0.6) is 0 Å². The van der Waals surface area contributed by atoms with Crippen LogP contribution in [0.2, 0.25) is 0 Å². The molecule has 0 bridgehead atoms. The Labute approximate surface area is 299 Å². The number of aliphatic carboxylic acids is 1. The molecular formula is C33H47N7O8S2. The van der Waals surface area contributed by atoms with E-state index in [2.05, 4.69) is 21.3 Å². The zero-order valence-corrected chi connectivity index (χ0v) is 29.9. The van der Waals surface area contributed by atoms with Crippen LogP contribution >= 0.6 is 21.6 Å². The minimum absolute atomic E-state index is 0.00872. The first-order chi connectivity index (χ1) is 23.8. The van der Waals surface area contributed by atoms with Crippen molar-refractivity contribution in [3.8, 4) is 0 Å². The van der Waals surface area contributed by atoms with Gasteiger partial charge in [-0.2, -0.15) is 0 Å². The Morgan fingerprint density at radius 3 is 2.36 bits per heavy atom. The molecule has 15 nitrogen and oxygen atoms in total. The SMILES string of the molecule is CC(C)C[C@@H]1NC(=O)[C@@H](NC(=O)[C@@H](N)Cc2ccccc2)CSSC[C@@H](C(=O)N2CCC[C@H]2C(=O)O)NC(=O)[C@@H]2CCCN2C(=O)CNC1=O. The normalized spacial score (nSPS) is 26.4. The van der Waals surface area contributed by atoms with Crippen LogP contribution in [0.15, 0.2) is 30.3 Å². The Bertz CT molecular complexity index is 1420. The summed E-state index contributed by atoms with van der Waals surface area (Å²) in [7, 11) is 2.33. The summed E-state index contributed by atoms with van der Waals surface area (Å²) in [4.78, 5) is 95.3. The van der Waals surface area contributed by atoms with Crippen molar-refractivity contribution in [3.63, 3.8) is 0 Å². The number of hydrogen-bond donors (Lipinski definition) is 6. The van der Waals surface area contributed by atoms with Gasteiger partial charge >= 0.3 is 5.97 Å². The molecule has 7 N–H and O–H groups in total. The van der Waals surface area contributed by atoms with Gasteiger partial charge in [-0.25, -0.2) is 4.79 Å². The van der Waals surface area contributed by atoms with Crippen LogP contribution in [0.3, 0.4) is 0 Å². The number of carbonyl (C=O) groups excluding carboxylic acids is 6. The number of carbonyl (C=O) groups is 7. The fourth-order valence-electron chi connectivity index (χ4n) is 6.29. The van der Waals surface area contributed by atoms with Crippen LogP contribution in [-0.4, -0.2) is 124 Å². The smallest absolute Gasteiger partial charge is 0.326 e. The lowest BCUT2D eigenvalue weighted by atomic mass is 10.0. The topological polar surface area (TPSA) is 220 Å². The Morgan fingerprint density at radius 2 is 1.66 bits per heavy atom. The summed E-state index contributed by atoms with van der Waals surface area (Å²) in [6, 6.07) is 3.05. The fourth-order valence-corrected chi connectivity index (χ4v) is 8.60. The number of amides is 6. The maximum atomic E-state index is 13.7. The van der Waals surface area contributed by atoms with E-state index in [9.17, 15) is 38.7 Å². The Hall–Kier alpha value is -3.83. The highest BCUT2D eigenvalue weighted by Gasteiger charge is 2.41. The first-order valence-corrected chi connectivity index (χ1v) is 19.4. The number of nitrogens with zero attached hydrogens (tertiary/aromatic N) is 2. The number of likely N-dealkylation sites (tertiary alicyclic amines) is 1. The van der Waals surface area contributed by atoms with Crippen molar-refractivity contribution in [2.75, 3.05) is 31.1 Å². The predicted octanol–water partition coefficient (Wildman–Crippen LogP) is -0.365. The van der Waals surface area contributed by atoms with E-state index in [1.807, 2.05) is 44.2 Å². The number of rotatable bonds is 8. The summed E-state index contributed by atoms with van der Waals surface area (Å²) in [5.74, 6) is -4.48. The van der Waals surface area contributed by atoms with Crippen molar-refractivity contribution >= 4 is 63.0 Å². The summed E-state index contributed by atoms with van der Waals surface area (Å²) in [5.41, 5.74) is 7.05. The second kappa shape index (κ2) is 18.4. The van der Waals surface area contributed by atoms with Gasteiger partial charge in [0.2, 0.25) is 35.4 Å². The van der Waals surface area contributed by atoms with Gasteiger partial charge in [0.25, 0.3) is 0 Å². The molecule has 6 amide bonds. The van der Waals surface area contributed by atoms with Crippen LogP contribution in [0, 0.1) is 5.92 Å². The lowest BCUT2D eigenvalue weighted by molar-refractivity contribution is -0.149. The number of nitrogens with two attached hydrogens (primary N) is 1. The highest BCUT2D eigenvalue weighted by molar-refractivity contribution is 8.76. The highest BCUT2D eigenvalue weighted by Crippen LogP contribution is 2.27. The maximum absolute atomic E-state index is 13.7. The zero-order chi connectivity index (χ0) is 36.4. The molecule has 0 aromatic heterocycles. The Morgan fingerprint density at radius 1 is 0.960 bits per heavy atom. The summed E-state index contributed by atoms with van der Waals surface area (Å²) in [5, 5.41) is 20.5. The standard InChI is InChI=1S/C33H47N7O8S2/c1-19(2)14-22-29(43)35-16-27(41)39-12-6-10-25(39)31(45)38-24(32(46)40-13-7-11-26(40)33(47)48)18-50-49-17-23(30(44)36-22)37-28(42)21(34)15-20-8-4-3-5-9-20/h3-5,8-9,19,21-26H,6-7,10-18,34H2,1-2H3,(H,35,43)(H,36,44)(H,37,42)(H,38,45)(H,47,48)/t21-,22-,23-,24-,25-,26-/m0/s1. The van der Waals surface area contributed by atoms with Crippen molar-refractivity contribution in [1.82, 2.24) is 31.1 Å². The molecule has 1 aromatic rings. The van der Waals surface area contributed by atoms with Gasteiger partial charge in [-0.15, -0.1) is 0 Å². The molecule has 3 saturated heterocycles. The van der Waals surface area contributed by atoms with Gasteiger partial charge in [0.05, 0.1) is 12.6 Å². The molecule has 0 aliphatic carbocycles. The quantitative estimate of drug-likeness (QED) is 0.189. The monoisotopic (exact) mass is 733 g/mol. The molecule has 3 heterocycles. The molecule has 50 heavy (non-hydrogen) atoms. The molecule has 4 rings (SSSR count). The maximum Gasteiger partial charge on any atom is 0.326 e. The Balaban J connectivity index is 1.57. The van der Waals surface area contributed by atoms with Crippen molar-refractivity contribution in [2.45, 2.75) is 88.6 Å². The highest BCUT2D eigenvalue weighted by atomic mass is 33.1. The van der Waals surface area contributed by atoms with E-state index in [4.69, 9.17) is 5.73 Å². The zero-order valence-electron chi connectivity index (χ0n) is 28.3. The van der Waals surface area contributed by atoms with Gasteiger partial charge in [0.15, 0.2) is 0 Å². The third-order valence-electron chi connectivity index (χ3n) is 8.89. The molecule has 3 aliphatic rings. The minimum Gasteiger partial charge on any atom is -0.480 e. The number of nitrogens with one attached hydrogen (secondary N) is 4. The van der Waals surface area contributed by atoms with Crippen molar-refractivity contribution in [1.29, 1.82) is 0 Å². The van der Waals surface area contributed by atoms with Crippen molar-refractivity contribution < 1.29 is 38.7 Å². The molecule has 1 aromatic carbocycles. The van der Waals surface area contributed by atoms with Gasteiger partial charge in [-0.05, 0) is 50.0 Å². The van der Waals surface area contributed by atoms with Gasteiger partial charge in [0.1, 0.15) is 30.2 Å².